The van der Waals surface area contributed by atoms with Crippen LogP contribution in [0.4, 0.5) is 5.69 Å². The molecule has 2 aromatic carbocycles. The molecule has 6 heteroatoms. The predicted molar refractivity (Wildman–Crippen MR) is 110 cm³/mol. The highest BCUT2D eigenvalue weighted by atomic mass is 79.9. The van der Waals surface area contributed by atoms with Gasteiger partial charge in [0, 0.05) is 15.7 Å². The van der Waals surface area contributed by atoms with Crippen molar-refractivity contribution in [3.63, 3.8) is 0 Å². The zero-order valence-electron chi connectivity index (χ0n) is 14.5. The number of thioether (sulfide) groups is 1. The Bertz CT molecular complexity index is 911. The minimum atomic E-state index is -0.0549. The van der Waals surface area contributed by atoms with Gasteiger partial charge >= 0.3 is 0 Å². The van der Waals surface area contributed by atoms with Crippen LogP contribution in [0.3, 0.4) is 0 Å². The number of nitrogens with one attached hydrogen (secondary N) is 1. The second kappa shape index (κ2) is 8.47. The fourth-order valence-electron chi connectivity index (χ4n) is 2.45. The maximum absolute atomic E-state index is 12.2. The molecule has 0 spiro atoms. The first-order valence-electron chi connectivity index (χ1n) is 8.11. The van der Waals surface area contributed by atoms with Gasteiger partial charge in [-0.2, -0.15) is 0 Å². The molecule has 0 radical (unpaired) electrons. The van der Waals surface area contributed by atoms with Crippen molar-refractivity contribution in [3.8, 4) is 11.3 Å². The number of rotatable bonds is 5. The van der Waals surface area contributed by atoms with Gasteiger partial charge in [-0.05, 0) is 49.7 Å². The predicted octanol–water partition coefficient (Wildman–Crippen LogP) is 5.25. The standard InChI is InChI=1S/C20H18BrN3OS/c1-13-3-8-17(14(2)11-13)22-19(25)12-26-20-10-9-18(23-24-20)15-4-6-16(21)7-5-15/h3-11H,12H2,1-2H3,(H,22,25). The first-order chi connectivity index (χ1) is 12.5. The fourth-order valence-corrected chi connectivity index (χ4v) is 3.33. The summed E-state index contributed by atoms with van der Waals surface area (Å²) in [7, 11) is 0. The number of benzene rings is 2. The van der Waals surface area contributed by atoms with E-state index in [1.54, 1.807) is 0 Å². The Morgan fingerprint density at radius 2 is 1.81 bits per heavy atom. The Morgan fingerprint density at radius 3 is 2.46 bits per heavy atom. The molecular formula is C20H18BrN3OS. The molecule has 26 heavy (non-hydrogen) atoms. The summed E-state index contributed by atoms with van der Waals surface area (Å²) in [6.07, 6.45) is 0. The Hall–Kier alpha value is -2.18. The van der Waals surface area contributed by atoms with Crippen molar-refractivity contribution in [2.24, 2.45) is 0 Å². The molecule has 0 aliphatic rings. The van der Waals surface area contributed by atoms with Crippen molar-refractivity contribution >= 4 is 39.3 Å². The minimum Gasteiger partial charge on any atom is -0.325 e. The molecule has 4 nitrogen and oxygen atoms in total. The number of anilines is 1. The first kappa shape index (κ1) is 18.6. The molecule has 0 atom stereocenters. The SMILES string of the molecule is Cc1ccc(NC(=O)CSc2ccc(-c3ccc(Br)cc3)nn2)c(C)c1. The number of nitrogens with zero attached hydrogens (tertiary/aromatic N) is 2. The van der Waals surface area contributed by atoms with E-state index in [9.17, 15) is 4.79 Å². The number of hydrogen-bond acceptors (Lipinski definition) is 4. The summed E-state index contributed by atoms with van der Waals surface area (Å²) in [6.45, 7) is 4.02. The summed E-state index contributed by atoms with van der Waals surface area (Å²) in [6, 6.07) is 17.7. The third-order valence-corrected chi connectivity index (χ3v) is 5.24. The molecule has 0 saturated heterocycles. The van der Waals surface area contributed by atoms with Gasteiger partial charge in [0.2, 0.25) is 5.91 Å². The molecule has 0 fully saturated rings. The van der Waals surface area contributed by atoms with Gasteiger partial charge in [0.05, 0.1) is 11.4 Å². The highest BCUT2D eigenvalue weighted by Crippen LogP contribution is 2.22. The van der Waals surface area contributed by atoms with Crippen molar-refractivity contribution in [2.45, 2.75) is 18.9 Å². The molecule has 3 aromatic rings. The van der Waals surface area contributed by atoms with E-state index in [0.29, 0.717) is 5.75 Å². The molecule has 1 aromatic heterocycles. The largest absolute Gasteiger partial charge is 0.325 e. The summed E-state index contributed by atoms with van der Waals surface area (Å²) < 4.78 is 1.02. The van der Waals surface area contributed by atoms with Gasteiger partial charge in [-0.1, -0.05) is 57.5 Å². The summed E-state index contributed by atoms with van der Waals surface area (Å²) in [5, 5.41) is 12.1. The topological polar surface area (TPSA) is 54.9 Å². The highest BCUT2D eigenvalue weighted by Gasteiger charge is 2.08. The minimum absolute atomic E-state index is 0.0549. The van der Waals surface area contributed by atoms with Crippen molar-refractivity contribution in [2.75, 3.05) is 11.1 Å². The van der Waals surface area contributed by atoms with E-state index in [-0.39, 0.29) is 5.91 Å². The quantitative estimate of drug-likeness (QED) is 0.564. The number of aromatic nitrogens is 2. The van der Waals surface area contributed by atoms with Crippen LogP contribution < -0.4 is 5.32 Å². The van der Waals surface area contributed by atoms with E-state index in [2.05, 4.69) is 37.5 Å². The van der Waals surface area contributed by atoms with Gasteiger partial charge in [0.15, 0.2) is 0 Å². The molecule has 1 heterocycles. The molecule has 1 amide bonds. The molecule has 0 aliphatic heterocycles. The molecule has 3 rings (SSSR count). The van der Waals surface area contributed by atoms with Crippen molar-refractivity contribution in [1.29, 1.82) is 0 Å². The number of aryl methyl sites for hydroxylation is 2. The summed E-state index contributed by atoms with van der Waals surface area (Å²) in [5.41, 5.74) is 4.89. The van der Waals surface area contributed by atoms with Gasteiger partial charge in [-0.15, -0.1) is 10.2 Å². The van der Waals surface area contributed by atoms with Crippen LogP contribution in [0.15, 0.2) is 64.1 Å². The van der Waals surface area contributed by atoms with Crippen molar-refractivity contribution < 1.29 is 4.79 Å². The normalized spacial score (nSPS) is 10.6. The molecular weight excluding hydrogens is 410 g/mol. The Labute approximate surface area is 165 Å². The van der Waals surface area contributed by atoms with Gasteiger partial charge in [-0.3, -0.25) is 4.79 Å². The molecule has 0 bridgehead atoms. The van der Waals surface area contributed by atoms with Crippen LogP contribution >= 0.6 is 27.7 Å². The van der Waals surface area contributed by atoms with Crippen molar-refractivity contribution in [3.05, 3.63) is 70.2 Å². The molecule has 1 N–H and O–H groups in total. The third-order valence-electron chi connectivity index (χ3n) is 3.79. The van der Waals surface area contributed by atoms with E-state index < -0.39 is 0 Å². The lowest BCUT2D eigenvalue weighted by atomic mass is 10.1. The van der Waals surface area contributed by atoms with E-state index in [4.69, 9.17) is 0 Å². The maximum atomic E-state index is 12.2. The maximum Gasteiger partial charge on any atom is 0.234 e. The Kier molecular flexibility index (Phi) is 6.06. The van der Waals surface area contributed by atoms with Crippen LogP contribution in [0.5, 0.6) is 0 Å². The van der Waals surface area contributed by atoms with E-state index >= 15 is 0 Å². The van der Waals surface area contributed by atoms with Gasteiger partial charge in [0.25, 0.3) is 0 Å². The summed E-state index contributed by atoms with van der Waals surface area (Å²) >= 11 is 4.79. The van der Waals surface area contributed by atoms with E-state index in [1.807, 2.05) is 62.4 Å². The summed E-state index contributed by atoms with van der Waals surface area (Å²) in [5.74, 6) is 0.236. The lowest BCUT2D eigenvalue weighted by molar-refractivity contribution is -0.113. The number of carbonyl (C=O) groups excluding carboxylic acids is 1. The van der Waals surface area contributed by atoms with Crippen molar-refractivity contribution in [1.82, 2.24) is 10.2 Å². The number of carbonyl (C=O) groups is 1. The summed E-state index contributed by atoms with van der Waals surface area (Å²) in [4.78, 5) is 12.2. The number of halogens is 1. The average Bonchev–Trinajstić information content (AvgIpc) is 2.63. The Balaban J connectivity index is 1.57. The Morgan fingerprint density at radius 1 is 1.04 bits per heavy atom. The second-order valence-electron chi connectivity index (χ2n) is 5.92. The number of hydrogen-bond donors (Lipinski definition) is 1. The van der Waals surface area contributed by atoms with Crippen LogP contribution in [-0.2, 0) is 4.79 Å². The monoisotopic (exact) mass is 427 g/mol. The average molecular weight is 428 g/mol. The number of amides is 1. The van der Waals surface area contributed by atoms with Crippen LogP contribution in [0.25, 0.3) is 11.3 Å². The zero-order chi connectivity index (χ0) is 18.5. The fraction of sp³-hybridized carbons (Fsp3) is 0.150. The molecule has 132 valence electrons. The van der Waals surface area contributed by atoms with Crippen LogP contribution in [-0.4, -0.2) is 21.9 Å². The molecule has 0 aliphatic carbocycles. The van der Waals surface area contributed by atoms with Gasteiger partial charge in [-0.25, -0.2) is 0 Å². The van der Waals surface area contributed by atoms with E-state index in [0.717, 1.165) is 32.0 Å². The highest BCUT2D eigenvalue weighted by molar-refractivity contribution is 9.10. The molecule has 0 unspecified atom stereocenters. The smallest absolute Gasteiger partial charge is 0.234 e. The third kappa shape index (κ3) is 4.93. The zero-order valence-corrected chi connectivity index (χ0v) is 16.9. The molecule has 0 saturated carbocycles. The second-order valence-corrected chi connectivity index (χ2v) is 7.83. The van der Waals surface area contributed by atoms with E-state index in [1.165, 1.54) is 17.3 Å². The lowest BCUT2D eigenvalue weighted by Gasteiger charge is -2.09. The lowest BCUT2D eigenvalue weighted by Crippen LogP contribution is -2.15. The van der Waals surface area contributed by atoms with Gasteiger partial charge in [0.1, 0.15) is 5.03 Å². The first-order valence-corrected chi connectivity index (χ1v) is 9.89. The van der Waals surface area contributed by atoms with Crippen LogP contribution in [0, 0.1) is 13.8 Å². The van der Waals surface area contributed by atoms with Crippen LogP contribution in [0.1, 0.15) is 11.1 Å². The van der Waals surface area contributed by atoms with Gasteiger partial charge < -0.3 is 5.32 Å². The van der Waals surface area contributed by atoms with Crippen LogP contribution in [0.2, 0.25) is 0 Å².